The highest BCUT2D eigenvalue weighted by Crippen LogP contribution is 2.49. The number of hydrogen-bond donors (Lipinski definition) is 5. The molecule has 5 aliphatic rings. The van der Waals surface area contributed by atoms with E-state index < -0.39 is 90.2 Å². The molecule has 83 heavy (non-hydrogen) atoms. The van der Waals surface area contributed by atoms with Crippen LogP contribution in [0, 0.1) is 0 Å². The summed E-state index contributed by atoms with van der Waals surface area (Å²) in [5.41, 5.74) is 5.34. The summed E-state index contributed by atoms with van der Waals surface area (Å²) in [6.07, 6.45) is 10.1. The van der Waals surface area contributed by atoms with Crippen LogP contribution in [0.3, 0.4) is 0 Å². The van der Waals surface area contributed by atoms with Crippen molar-refractivity contribution in [3.05, 3.63) is 125 Å². The first-order valence-corrected chi connectivity index (χ1v) is 28.4. The van der Waals surface area contributed by atoms with Crippen molar-refractivity contribution in [1.29, 1.82) is 0 Å². The van der Waals surface area contributed by atoms with Crippen molar-refractivity contribution in [2.24, 2.45) is 4.99 Å². The molecule has 6 amide bonds. The number of carbonyl (C=O) groups excluding carboxylic acids is 7. The molecule has 0 radical (unpaired) electrons. The van der Waals surface area contributed by atoms with E-state index in [1.54, 1.807) is 42.5 Å². The van der Waals surface area contributed by atoms with Crippen LogP contribution in [0.5, 0.6) is 11.5 Å². The Kier molecular flexibility index (Phi) is 19.6. The van der Waals surface area contributed by atoms with Gasteiger partial charge in [-0.1, -0.05) is 49.4 Å². The number of nitrogens with zero attached hydrogens (tertiary/aromatic N) is 6. The average Bonchev–Trinajstić information content (AvgIpc) is 4.40. The molecule has 0 saturated carbocycles. The second kappa shape index (κ2) is 26.9. The fourth-order valence-corrected chi connectivity index (χ4v) is 11.1. The van der Waals surface area contributed by atoms with Gasteiger partial charge in [-0.15, -0.1) is 0 Å². The van der Waals surface area contributed by atoms with Crippen molar-refractivity contribution in [2.75, 3.05) is 71.3 Å². The van der Waals surface area contributed by atoms with Crippen molar-refractivity contribution in [3.8, 4) is 11.5 Å². The average molecular weight is 1150 g/mol. The number of aliphatic carboxylic acids is 1. The first-order chi connectivity index (χ1) is 39.7. The second-order valence-electron chi connectivity index (χ2n) is 21.5. The third-order valence-corrected chi connectivity index (χ3v) is 15.5. The Bertz CT molecular complexity index is 3150. The number of amides is 6. The van der Waals surface area contributed by atoms with Crippen molar-refractivity contribution < 1.29 is 52.9 Å². The van der Waals surface area contributed by atoms with Crippen molar-refractivity contribution in [1.82, 2.24) is 36.0 Å². The van der Waals surface area contributed by atoms with Gasteiger partial charge in [-0.05, 0) is 118 Å². The molecule has 5 N–H and O–H groups in total. The molecule has 4 heterocycles. The van der Waals surface area contributed by atoms with E-state index >= 15 is 0 Å². The van der Waals surface area contributed by atoms with Crippen LogP contribution >= 0.6 is 12.2 Å². The minimum Gasteiger partial charge on any atom is -0.478 e. The zero-order chi connectivity index (χ0) is 59.6. The fourth-order valence-electron chi connectivity index (χ4n) is 10.8. The van der Waals surface area contributed by atoms with Crippen LogP contribution in [0.15, 0.2) is 113 Å². The first kappa shape index (κ1) is 60.4. The molecular formula is C61H72N10O11S. The number of allylic oxidation sites excluding steroid dienone is 4. The summed E-state index contributed by atoms with van der Waals surface area (Å²) in [5, 5.41) is 22.0. The standard InChI is InChI=1S/C61H72N10O11S/c1-8-9-21-52(72)65-45(31-37-16-11-10-12-17-37)54(73)66-46-35-81-60(80)49-20-15-30-71(49)56(75)36(2)63-55(74)47(69(7)58(77)48-19-14-29-70(48)57(46)76)18-13-28-62-61(83)64-38-22-25-41(44(32-38)59(78)79)53-42-26-23-39(67(3)4)33-50(42)82-51-34-40(68(5)6)24-27-43(51)53/h9-12,16-17,21-27,32-34,36,45-49H,8,13-15,18-20,28-31,35H2,1-7H3,(H,62,83)(H,63,74)(H,65,72)(H,66,73)(H,78,79)/b21-9+,64-38?/t36-,45-,46-,47-,48-,49-/m0/s1. The lowest BCUT2D eigenvalue weighted by atomic mass is 9.84. The Morgan fingerprint density at radius 1 is 0.867 bits per heavy atom. The number of cyclic esters (lactones) is 1. The molecule has 3 fully saturated rings. The maximum atomic E-state index is 14.8. The Balaban J connectivity index is 1.01. The van der Waals surface area contributed by atoms with Crippen LogP contribution < -0.4 is 35.8 Å². The monoisotopic (exact) mass is 1150 g/mol. The van der Waals surface area contributed by atoms with E-state index in [1.807, 2.05) is 87.4 Å². The van der Waals surface area contributed by atoms with E-state index in [0.717, 1.165) is 16.9 Å². The number of carboxylic acids is 1. The van der Waals surface area contributed by atoms with E-state index in [1.165, 1.54) is 40.8 Å². The Morgan fingerprint density at radius 3 is 2.13 bits per heavy atom. The number of fused-ring (bicyclic) bond motifs is 4. The molecule has 22 heteroatoms. The lowest BCUT2D eigenvalue weighted by molar-refractivity contribution is -0.158. The number of hydrogen-bond acceptors (Lipinski definition) is 13. The van der Waals surface area contributed by atoms with Gasteiger partial charge in [-0.25, -0.2) is 14.6 Å². The molecule has 8 rings (SSSR count). The predicted molar refractivity (Wildman–Crippen MR) is 318 cm³/mol. The Morgan fingerprint density at radius 2 is 1.51 bits per heavy atom. The Labute approximate surface area is 488 Å². The van der Waals surface area contributed by atoms with E-state index in [2.05, 4.69) is 26.3 Å². The van der Waals surface area contributed by atoms with Gasteiger partial charge in [0.25, 0.3) is 0 Å². The van der Waals surface area contributed by atoms with Crippen molar-refractivity contribution in [3.63, 3.8) is 0 Å². The summed E-state index contributed by atoms with van der Waals surface area (Å²) in [7, 11) is 9.16. The minimum absolute atomic E-state index is 0.0147. The normalized spacial score (nSPS) is 21.9. The molecule has 3 aromatic carbocycles. The summed E-state index contributed by atoms with van der Waals surface area (Å²) < 4.78 is 12.2. The smallest absolute Gasteiger partial charge is 0.336 e. The molecule has 4 aliphatic heterocycles. The molecule has 0 bridgehead atoms. The molecule has 438 valence electrons. The van der Waals surface area contributed by atoms with Gasteiger partial charge in [-0.2, -0.15) is 0 Å². The van der Waals surface area contributed by atoms with Crippen LogP contribution in [-0.4, -0.2) is 176 Å². The third-order valence-electron chi connectivity index (χ3n) is 15.3. The van der Waals surface area contributed by atoms with Gasteiger partial charge >= 0.3 is 11.9 Å². The van der Waals surface area contributed by atoms with Crippen LogP contribution in [0.4, 0.5) is 11.4 Å². The molecule has 3 saturated heterocycles. The highest BCUT2D eigenvalue weighted by molar-refractivity contribution is 7.80. The number of carboxylic acid groups (broad SMARTS) is 1. The van der Waals surface area contributed by atoms with Crippen LogP contribution in [0.2, 0.25) is 0 Å². The minimum atomic E-state index is -1.51. The van der Waals surface area contributed by atoms with E-state index in [0.29, 0.717) is 53.0 Å². The maximum absolute atomic E-state index is 14.8. The highest BCUT2D eigenvalue weighted by Gasteiger charge is 2.44. The summed E-state index contributed by atoms with van der Waals surface area (Å²) in [6, 6.07) is 13.5. The predicted octanol–water partition coefficient (Wildman–Crippen LogP) is 4.45. The van der Waals surface area contributed by atoms with E-state index in [4.69, 9.17) is 21.7 Å². The topological polar surface area (TPSA) is 252 Å². The largest absolute Gasteiger partial charge is 0.478 e. The zero-order valence-electron chi connectivity index (χ0n) is 47.8. The van der Waals surface area contributed by atoms with Gasteiger partial charge in [0.2, 0.25) is 35.4 Å². The molecule has 21 nitrogen and oxygen atoms in total. The van der Waals surface area contributed by atoms with Crippen molar-refractivity contribution in [2.45, 2.75) is 101 Å². The molecule has 0 aromatic heterocycles. The van der Waals surface area contributed by atoms with Gasteiger partial charge in [0.05, 0.1) is 11.3 Å². The number of ether oxygens (including phenoxy) is 2. The van der Waals surface area contributed by atoms with Gasteiger partial charge in [0, 0.05) is 102 Å². The van der Waals surface area contributed by atoms with E-state index in [9.17, 15) is 43.5 Å². The zero-order valence-corrected chi connectivity index (χ0v) is 48.6. The van der Waals surface area contributed by atoms with Crippen LogP contribution in [-0.2, 0) is 49.5 Å². The van der Waals surface area contributed by atoms with Crippen LogP contribution in [0.25, 0.3) is 5.57 Å². The number of anilines is 2. The Hall–Kier alpha value is -8.66. The number of carbonyl (C=O) groups is 8. The molecular weight excluding hydrogens is 1080 g/mol. The summed E-state index contributed by atoms with van der Waals surface area (Å²) in [5.74, 6) is -4.59. The number of benzene rings is 3. The molecule has 3 aromatic rings. The second-order valence-corrected chi connectivity index (χ2v) is 21.9. The lowest BCUT2D eigenvalue weighted by Crippen LogP contribution is -2.60. The van der Waals surface area contributed by atoms with Gasteiger partial charge < -0.3 is 60.3 Å². The molecule has 1 aliphatic carbocycles. The third kappa shape index (κ3) is 14.2. The summed E-state index contributed by atoms with van der Waals surface area (Å²) in [4.78, 5) is 124. The summed E-state index contributed by atoms with van der Waals surface area (Å²) in [6.45, 7) is 3.19. The maximum Gasteiger partial charge on any atom is 0.336 e. The van der Waals surface area contributed by atoms with Gasteiger partial charge in [-0.3, -0.25) is 28.8 Å². The number of likely N-dealkylation sites (N-methyl/N-ethyl adjacent to an activating group) is 1. The number of thiocarbonyl (C=S) groups is 1. The summed E-state index contributed by atoms with van der Waals surface area (Å²) >= 11 is 5.64. The highest BCUT2D eigenvalue weighted by atomic mass is 32.1. The molecule has 0 unspecified atom stereocenters. The number of esters is 1. The molecule has 0 spiro atoms. The quantitative estimate of drug-likeness (QED) is 0.0506. The number of aliphatic imine (C=N–C) groups is 1. The molecule has 6 atom stereocenters. The van der Waals surface area contributed by atoms with Gasteiger partial charge in [0.1, 0.15) is 54.4 Å². The van der Waals surface area contributed by atoms with Crippen molar-refractivity contribution >= 4 is 87.4 Å². The van der Waals surface area contributed by atoms with E-state index in [-0.39, 0.29) is 68.1 Å². The fraction of sp³-hybridized carbons (Fsp3) is 0.410. The number of rotatable bonds is 14. The SMILES string of the molecule is CC/C=C/C(=O)N[C@@H](Cc1ccccc1)C(=O)N[C@H]1COC(=O)[C@@H]2CCCN2C(=O)[C@H](C)NC(=O)[C@H](CCCNC(=S)N=C2C=CC(=C3c4ccc(N(C)C)cc4Oc4cc(N(C)C)ccc43)C(C(=O)O)=C2)N(C)C(=O)[C@@H]2CCCN2C1=O. The number of nitrogens with one attached hydrogen (secondary N) is 4. The van der Waals surface area contributed by atoms with Crippen LogP contribution in [0.1, 0.15) is 75.5 Å². The lowest BCUT2D eigenvalue weighted by Gasteiger charge is -2.35. The first-order valence-electron chi connectivity index (χ1n) is 28.0. The van der Waals surface area contributed by atoms with Gasteiger partial charge in [0.15, 0.2) is 5.11 Å².